The molecule has 4 heteroatoms. The molecule has 56 heavy (non-hydrogen) atoms. The number of rotatable bonds is 5. The first-order chi connectivity index (χ1) is 27.7. The number of para-hydroxylation sites is 3. The highest BCUT2D eigenvalue weighted by Crippen LogP contribution is 2.42. The van der Waals surface area contributed by atoms with Gasteiger partial charge < -0.3 is 18.3 Å². The van der Waals surface area contributed by atoms with Crippen molar-refractivity contribution in [2.45, 2.75) is 12.8 Å². The molecule has 0 unspecified atom stereocenters. The summed E-state index contributed by atoms with van der Waals surface area (Å²) in [6, 6.07) is 60.8. The van der Waals surface area contributed by atoms with E-state index in [0.717, 1.165) is 68.1 Å². The molecular weight excluding hydrogens is 685 g/mol. The normalized spacial score (nSPS) is 13.4. The van der Waals surface area contributed by atoms with Crippen LogP contribution in [0.5, 0.6) is 0 Å². The fourth-order valence-corrected chi connectivity index (χ4v) is 9.06. The Kier molecular flexibility index (Phi) is 6.72. The largest absolute Gasteiger partial charge is 0.456 e. The monoisotopic (exact) mass is 718 g/mol. The predicted molar refractivity (Wildman–Crippen MR) is 233 cm³/mol. The number of allylic oxidation sites excluding steroid dienone is 4. The van der Waals surface area contributed by atoms with Crippen molar-refractivity contribution in [2.24, 2.45) is 0 Å². The van der Waals surface area contributed by atoms with Crippen molar-refractivity contribution in [3.05, 3.63) is 193 Å². The topological polar surface area (TPSA) is 34.5 Å². The molecule has 0 bridgehead atoms. The van der Waals surface area contributed by atoms with E-state index in [0.29, 0.717) is 0 Å². The van der Waals surface area contributed by atoms with Crippen LogP contribution in [0.25, 0.3) is 87.7 Å². The molecule has 0 amide bonds. The number of nitrogens with zero attached hydrogens (tertiary/aromatic N) is 2. The predicted octanol–water partition coefficient (Wildman–Crippen LogP) is 14.6. The van der Waals surface area contributed by atoms with E-state index in [1.165, 1.54) is 55.1 Å². The molecule has 3 heterocycles. The number of fused-ring (bicyclic) bond motifs is 11. The Morgan fingerprint density at radius 2 is 1.05 bits per heavy atom. The molecule has 0 atom stereocenters. The van der Waals surface area contributed by atoms with Crippen LogP contribution in [0.1, 0.15) is 18.4 Å². The van der Waals surface area contributed by atoms with Crippen molar-refractivity contribution >= 4 is 93.4 Å². The van der Waals surface area contributed by atoms with E-state index in [9.17, 15) is 0 Å². The fraction of sp³-hybridized carbons (Fsp3) is 0.0385. The summed E-state index contributed by atoms with van der Waals surface area (Å²) in [4.78, 5) is 2.39. The van der Waals surface area contributed by atoms with Crippen LogP contribution in [0.4, 0.5) is 11.4 Å². The summed E-state index contributed by atoms with van der Waals surface area (Å²) in [5, 5.41) is 9.55. The maximum Gasteiger partial charge on any atom is 0.137 e. The number of aromatic nitrogens is 1. The van der Waals surface area contributed by atoms with Gasteiger partial charge in [0.25, 0.3) is 0 Å². The molecule has 0 spiro atoms. The molecule has 8 aromatic carbocycles. The molecular formula is C52H34N2O2. The van der Waals surface area contributed by atoms with E-state index in [1.54, 1.807) is 0 Å². The van der Waals surface area contributed by atoms with Crippen molar-refractivity contribution in [1.29, 1.82) is 0 Å². The van der Waals surface area contributed by atoms with E-state index in [1.807, 2.05) is 24.3 Å². The summed E-state index contributed by atoms with van der Waals surface area (Å²) in [6.45, 7) is 0. The number of benzene rings is 8. The van der Waals surface area contributed by atoms with Crippen LogP contribution < -0.4 is 4.90 Å². The molecule has 0 saturated heterocycles. The van der Waals surface area contributed by atoms with Crippen LogP contribution in [0.2, 0.25) is 0 Å². The van der Waals surface area contributed by atoms with Crippen molar-refractivity contribution in [2.75, 3.05) is 4.90 Å². The zero-order chi connectivity index (χ0) is 36.7. The van der Waals surface area contributed by atoms with Gasteiger partial charge in [-0.2, -0.15) is 0 Å². The lowest BCUT2D eigenvalue weighted by Crippen LogP contribution is -2.17. The van der Waals surface area contributed by atoms with Crippen LogP contribution in [0.3, 0.4) is 0 Å². The third-order valence-electron chi connectivity index (χ3n) is 11.7. The zero-order valence-electron chi connectivity index (χ0n) is 30.4. The standard InChI is InChI=1S/C52H34N2O2/c1-2-10-40-35(9-1)21-28-45-41-11-3-6-14-47(41)54(52(40)45)37-24-19-34(20-25-37)33-17-22-36(23-18-33)53(38-27-30-50-46(31-38)43-13-5-8-16-49(43)55-50)39-26-29-44-42-12-4-7-15-48(42)56-51(44)32-39/h1-17,19-22,24-32H,18,23H2. The van der Waals surface area contributed by atoms with Crippen molar-refractivity contribution in [3.63, 3.8) is 0 Å². The lowest BCUT2D eigenvalue weighted by Gasteiger charge is -2.30. The molecule has 0 saturated carbocycles. The Balaban J connectivity index is 0.954. The van der Waals surface area contributed by atoms with Crippen LogP contribution in [-0.4, -0.2) is 4.57 Å². The molecule has 12 rings (SSSR count). The van der Waals surface area contributed by atoms with Gasteiger partial charge in [-0.3, -0.25) is 0 Å². The van der Waals surface area contributed by atoms with E-state index in [-0.39, 0.29) is 0 Å². The van der Waals surface area contributed by atoms with Gasteiger partial charge in [0.15, 0.2) is 0 Å². The summed E-state index contributed by atoms with van der Waals surface area (Å²) in [5.74, 6) is 0. The summed E-state index contributed by atoms with van der Waals surface area (Å²) >= 11 is 0. The Labute approximate surface area is 322 Å². The zero-order valence-corrected chi connectivity index (χ0v) is 30.4. The lowest BCUT2D eigenvalue weighted by atomic mass is 9.94. The van der Waals surface area contributed by atoms with Crippen LogP contribution in [-0.2, 0) is 0 Å². The average molecular weight is 719 g/mol. The molecule has 0 aliphatic heterocycles. The van der Waals surface area contributed by atoms with Crippen LogP contribution >= 0.6 is 0 Å². The Hall–Kier alpha value is -7.30. The third kappa shape index (κ3) is 4.72. The molecule has 0 fully saturated rings. The Bertz CT molecular complexity index is 3430. The first-order valence-corrected chi connectivity index (χ1v) is 19.3. The Morgan fingerprint density at radius 1 is 0.429 bits per heavy atom. The maximum absolute atomic E-state index is 6.39. The van der Waals surface area contributed by atoms with Crippen molar-refractivity contribution in [3.8, 4) is 5.69 Å². The second-order valence-electron chi connectivity index (χ2n) is 14.8. The quantitative estimate of drug-likeness (QED) is 0.178. The van der Waals surface area contributed by atoms with E-state index >= 15 is 0 Å². The smallest absolute Gasteiger partial charge is 0.137 e. The number of anilines is 2. The second-order valence-corrected chi connectivity index (χ2v) is 14.8. The van der Waals surface area contributed by atoms with Crippen molar-refractivity contribution < 1.29 is 8.83 Å². The minimum absolute atomic E-state index is 0.882. The first kappa shape index (κ1) is 31.1. The average Bonchev–Trinajstić information content (AvgIpc) is 3.93. The van der Waals surface area contributed by atoms with Gasteiger partial charge in [0.05, 0.1) is 11.0 Å². The van der Waals surface area contributed by atoms with Crippen LogP contribution in [0, 0.1) is 0 Å². The highest BCUT2D eigenvalue weighted by atomic mass is 16.3. The molecule has 1 aliphatic rings. The van der Waals surface area contributed by atoms with Gasteiger partial charge in [-0.1, -0.05) is 109 Å². The van der Waals surface area contributed by atoms with Crippen molar-refractivity contribution in [1.82, 2.24) is 4.57 Å². The van der Waals surface area contributed by atoms with Gasteiger partial charge in [-0.25, -0.2) is 0 Å². The number of hydrogen-bond acceptors (Lipinski definition) is 3. The van der Waals surface area contributed by atoms with E-state index in [2.05, 4.69) is 167 Å². The Morgan fingerprint density at radius 3 is 1.86 bits per heavy atom. The lowest BCUT2D eigenvalue weighted by molar-refractivity contribution is 0.668. The molecule has 0 radical (unpaired) electrons. The van der Waals surface area contributed by atoms with E-state index in [4.69, 9.17) is 8.83 Å². The molecule has 0 N–H and O–H groups in total. The maximum atomic E-state index is 6.39. The summed E-state index contributed by atoms with van der Waals surface area (Å²) < 4.78 is 15.0. The molecule has 264 valence electrons. The molecule has 3 aromatic heterocycles. The summed E-state index contributed by atoms with van der Waals surface area (Å²) in [7, 11) is 0. The van der Waals surface area contributed by atoms with Gasteiger partial charge in [0.1, 0.15) is 22.3 Å². The summed E-state index contributed by atoms with van der Waals surface area (Å²) in [6.07, 6.45) is 6.41. The second kappa shape index (κ2) is 12.1. The highest BCUT2D eigenvalue weighted by Gasteiger charge is 2.22. The molecule has 11 aromatic rings. The highest BCUT2D eigenvalue weighted by molar-refractivity contribution is 6.18. The van der Waals surface area contributed by atoms with Gasteiger partial charge in [0, 0.05) is 66.5 Å². The third-order valence-corrected chi connectivity index (χ3v) is 11.7. The van der Waals surface area contributed by atoms with Gasteiger partial charge in [-0.05, 0) is 96.1 Å². The van der Waals surface area contributed by atoms with Gasteiger partial charge >= 0.3 is 0 Å². The van der Waals surface area contributed by atoms with Crippen LogP contribution in [0.15, 0.2) is 197 Å². The number of furan rings is 2. The van der Waals surface area contributed by atoms with Gasteiger partial charge in [0.2, 0.25) is 0 Å². The summed E-state index contributed by atoms with van der Waals surface area (Å²) in [5.41, 5.74) is 13.2. The molecule has 4 nitrogen and oxygen atoms in total. The fourth-order valence-electron chi connectivity index (χ4n) is 9.06. The number of hydrogen-bond donors (Lipinski definition) is 0. The minimum Gasteiger partial charge on any atom is -0.456 e. The molecule has 1 aliphatic carbocycles. The first-order valence-electron chi connectivity index (χ1n) is 19.3. The van der Waals surface area contributed by atoms with Gasteiger partial charge in [-0.15, -0.1) is 0 Å². The minimum atomic E-state index is 0.882. The SMILES string of the molecule is C1=C(c2ccc(-n3c4ccccc4c4ccc5ccccc5c43)cc2)CCC(N(c2ccc3c(c2)oc2ccccc23)c2ccc3oc4ccccc4c3c2)=C1. The van der Waals surface area contributed by atoms with E-state index < -0.39 is 0 Å².